The van der Waals surface area contributed by atoms with Gasteiger partial charge in [-0.3, -0.25) is 4.79 Å². The lowest BCUT2D eigenvalue weighted by molar-refractivity contribution is 0.0927. The van der Waals surface area contributed by atoms with Crippen LogP contribution in [-0.4, -0.2) is 32.6 Å². The molecule has 0 aromatic carbocycles. The Kier molecular flexibility index (Phi) is 4.76. The molecule has 0 fully saturated rings. The molecule has 0 radical (unpaired) electrons. The van der Waals surface area contributed by atoms with Gasteiger partial charge in [0.05, 0.1) is 17.4 Å². The van der Waals surface area contributed by atoms with Gasteiger partial charge in [-0.05, 0) is 33.3 Å². The fourth-order valence-corrected chi connectivity index (χ4v) is 3.04. The molecule has 24 heavy (non-hydrogen) atoms. The first kappa shape index (κ1) is 16.8. The number of hydrogen-bond donors (Lipinski definition) is 1. The van der Waals surface area contributed by atoms with E-state index in [0.29, 0.717) is 16.5 Å². The van der Waals surface area contributed by atoms with Crippen LogP contribution in [0.3, 0.4) is 0 Å². The number of imidazole rings is 1. The molecule has 0 aliphatic carbocycles. The number of ether oxygens (including phenoxy) is 1. The highest BCUT2D eigenvalue weighted by atomic mass is 35.5. The van der Waals surface area contributed by atoms with Gasteiger partial charge in [0.1, 0.15) is 10.8 Å². The number of pyridine rings is 1. The van der Waals surface area contributed by atoms with Crippen LogP contribution >= 0.6 is 11.6 Å². The van der Waals surface area contributed by atoms with E-state index in [1.54, 1.807) is 6.07 Å². The lowest BCUT2D eigenvalue weighted by Crippen LogP contribution is -2.40. The summed E-state index contributed by atoms with van der Waals surface area (Å²) in [5, 5.41) is 3.39. The molecule has 1 aliphatic heterocycles. The second-order valence-electron chi connectivity index (χ2n) is 6.34. The standard InChI is InChI=1S/C17H21ClN4O2/c1-10(2)24-17-14(18)6-12(7-19-17)16(23)21-13-4-5-15-20-11(3)8-22(15)9-13/h6-8,10,13H,4-5,9H2,1-3H3,(H,21,23). The summed E-state index contributed by atoms with van der Waals surface area (Å²) in [5.41, 5.74) is 1.44. The number of nitrogens with one attached hydrogen (secondary N) is 1. The van der Waals surface area contributed by atoms with Crippen LogP contribution in [0, 0.1) is 6.92 Å². The van der Waals surface area contributed by atoms with E-state index in [-0.39, 0.29) is 18.1 Å². The molecular weight excluding hydrogens is 328 g/mol. The van der Waals surface area contributed by atoms with Crippen molar-refractivity contribution in [1.82, 2.24) is 19.9 Å². The van der Waals surface area contributed by atoms with Crippen molar-refractivity contribution in [1.29, 1.82) is 0 Å². The highest BCUT2D eigenvalue weighted by Gasteiger charge is 2.22. The molecule has 0 saturated carbocycles. The lowest BCUT2D eigenvalue weighted by Gasteiger charge is -2.24. The van der Waals surface area contributed by atoms with E-state index in [4.69, 9.17) is 16.3 Å². The van der Waals surface area contributed by atoms with E-state index in [1.807, 2.05) is 27.0 Å². The van der Waals surface area contributed by atoms with Gasteiger partial charge in [-0.2, -0.15) is 0 Å². The van der Waals surface area contributed by atoms with Crippen molar-refractivity contribution in [2.75, 3.05) is 0 Å². The predicted octanol–water partition coefficient (Wildman–Crippen LogP) is 2.77. The van der Waals surface area contributed by atoms with Gasteiger partial charge in [-0.15, -0.1) is 0 Å². The maximum Gasteiger partial charge on any atom is 0.253 e. The van der Waals surface area contributed by atoms with Crippen molar-refractivity contribution in [2.45, 2.75) is 52.3 Å². The summed E-state index contributed by atoms with van der Waals surface area (Å²) < 4.78 is 7.59. The number of carbonyl (C=O) groups excluding carboxylic acids is 1. The molecule has 0 spiro atoms. The second kappa shape index (κ2) is 6.81. The average Bonchev–Trinajstić information content (AvgIpc) is 2.88. The highest BCUT2D eigenvalue weighted by molar-refractivity contribution is 6.32. The van der Waals surface area contributed by atoms with Gasteiger partial charge in [0.25, 0.3) is 5.91 Å². The van der Waals surface area contributed by atoms with E-state index in [1.165, 1.54) is 6.20 Å². The van der Waals surface area contributed by atoms with E-state index in [0.717, 1.165) is 30.9 Å². The molecule has 3 rings (SSSR count). The minimum absolute atomic E-state index is 0.0234. The van der Waals surface area contributed by atoms with Gasteiger partial charge in [0, 0.05) is 31.4 Å². The van der Waals surface area contributed by atoms with Crippen LogP contribution in [0.4, 0.5) is 0 Å². The number of rotatable bonds is 4. The van der Waals surface area contributed by atoms with Crippen LogP contribution in [-0.2, 0) is 13.0 Å². The maximum absolute atomic E-state index is 12.4. The largest absolute Gasteiger partial charge is 0.474 e. The van der Waals surface area contributed by atoms with Gasteiger partial charge in [0.2, 0.25) is 5.88 Å². The Balaban J connectivity index is 1.66. The van der Waals surface area contributed by atoms with Gasteiger partial charge >= 0.3 is 0 Å². The summed E-state index contributed by atoms with van der Waals surface area (Å²) in [5.74, 6) is 1.25. The lowest BCUT2D eigenvalue weighted by atomic mass is 10.1. The molecule has 1 amide bonds. The Labute approximate surface area is 146 Å². The summed E-state index contributed by atoms with van der Waals surface area (Å²) in [7, 11) is 0. The summed E-state index contributed by atoms with van der Waals surface area (Å²) in [6, 6.07) is 1.67. The first-order valence-electron chi connectivity index (χ1n) is 8.08. The number of nitrogens with zero attached hydrogens (tertiary/aromatic N) is 3. The van der Waals surface area contributed by atoms with Crippen LogP contribution in [0.5, 0.6) is 5.88 Å². The van der Waals surface area contributed by atoms with Crippen LogP contribution in [0.1, 0.15) is 42.1 Å². The Morgan fingerprint density at radius 2 is 2.29 bits per heavy atom. The van der Waals surface area contributed by atoms with E-state index < -0.39 is 0 Å². The summed E-state index contributed by atoms with van der Waals surface area (Å²) in [4.78, 5) is 21.1. The molecule has 0 bridgehead atoms. The maximum atomic E-state index is 12.4. The Bertz CT molecular complexity index is 757. The van der Waals surface area contributed by atoms with E-state index in [2.05, 4.69) is 19.9 Å². The molecule has 1 N–H and O–H groups in total. The fourth-order valence-electron chi connectivity index (χ4n) is 2.83. The molecule has 7 heteroatoms. The van der Waals surface area contributed by atoms with Gasteiger partial charge < -0.3 is 14.6 Å². The molecule has 1 unspecified atom stereocenters. The zero-order chi connectivity index (χ0) is 17.3. The average molecular weight is 349 g/mol. The molecule has 6 nitrogen and oxygen atoms in total. The molecule has 2 aromatic heterocycles. The van der Waals surface area contributed by atoms with Gasteiger partial charge in [-0.25, -0.2) is 9.97 Å². The summed E-state index contributed by atoms with van der Waals surface area (Å²) >= 11 is 6.15. The van der Waals surface area contributed by atoms with E-state index >= 15 is 0 Å². The second-order valence-corrected chi connectivity index (χ2v) is 6.74. The third-order valence-electron chi connectivity index (χ3n) is 3.87. The van der Waals surface area contributed by atoms with Crippen molar-refractivity contribution < 1.29 is 9.53 Å². The molecule has 1 aliphatic rings. The third-order valence-corrected chi connectivity index (χ3v) is 4.14. The van der Waals surface area contributed by atoms with Gasteiger partial charge in [0.15, 0.2) is 0 Å². The van der Waals surface area contributed by atoms with Crippen molar-refractivity contribution in [3.8, 4) is 5.88 Å². The molecule has 1 atom stereocenters. The van der Waals surface area contributed by atoms with Crippen LogP contribution in [0.2, 0.25) is 5.02 Å². The van der Waals surface area contributed by atoms with Crippen LogP contribution < -0.4 is 10.1 Å². The number of fused-ring (bicyclic) bond motifs is 1. The van der Waals surface area contributed by atoms with Crippen LogP contribution in [0.15, 0.2) is 18.5 Å². The molecule has 2 aromatic rings. The molecule has 3 heterocycles. The number of aromatic nitrogens is 3. The van der Waals surface area contributed by atoms with E-state index in [9.17, 15) is 4.79 Å². The quantitative estimate of drug-likeness (QED) is 0.922. The zero-order valence-electron chi connectivity index (χ0n) is 14.0. The minimum Gasteiger partial charge on any atom is -0.474 e. The number of carbonyl (C=O) groups is 1. The minimum atomic E-state index is -0.175. The summed E-state index contributed by atoms with van der Waals surface area (Å²) in [6.07, 6.45) is 5.22. The van der Waals surface area contributed by atoms with Crippen molar-refractivity contribution >= 4 is 17.5 Å². The number of halogens is 1. The Morgan fingerprint density at radius 1 is 1.50 bits per heavy atom. The van der Waals surface area contributed by atoms with Crippen LogP contribution in [0.25, 0.3) is 0 Å². The summed E-state index contributed by atoms with van der Waals surface area (Å²) in [6.45, 7) is 6.51. The van der Waals surface area contributed by atoms with Crippen molar-refractivity contribution in [2.24, 2.45) is 0 Å². The molecule has 0 saturated heterocycles. The molecular formula is C17H21ClN4O2. The predicted molar refractivity (Wildman–Crippen MR) is 91.6 cm³/mol. The van der Waals surface area contributed by atoms with Gasteiger partial charge in [-0.1, -0.05) is 11.6 Å². The number of hydrogen-bond acceptors (Lipinski definition) is 4. The normalized spacial score (nSPS) is 16.8. The van der Waals surface area contributed by atoms with Crippen molar-refractivity contribution in [3.05, 3.63) is 40.6 Å². The SMILES string of the molecule is Cc1cn2c(n1)CCC(NC(=O)c1cnc(OC(C)C)c(Cl)c1)C2. The number of amides is 1. The third kappa shape index (κ3) is 3.70. The highest BCUT2D eigenvalue weighted by Crippen LogP contribution is 2.23. The zero-order valence-corrected chi connectivity index (χ0v) is 14.8. The fraction of sp³-hybridized carbons (Fsp3) is 0.471. The smallest absolute Gasteiger partial charge is 0.253 e. The van der Waals surface area contributed by atoms with Crippen molar-refractivity contribution in [3.63, 3.8) is 0 Å². The Hall–Kier alpha value is -2.08. The topological polar surface area (TPSA) is 69.0 Å². The monoisotopic (exact) mass is 348 g/mol. The first-order chi connectivity index (χ1) is 11.4. The Morgan fingerprint density at radius 3 is 3.00 bits per heavy atom. The first-order valence-corrected chi connectivity index (χ1v) is 8.46. The molecule has 128 valence electrons. The number of aryl methyl sites for hydroxylation is 2.